The summed E-state index contributed by atoms with van der Waals surface area (Å²) in [4.78, 5) is 16.8. The first-order chi connectivity index (χ1) is 17.2. The van der Waals surface area contributed by atoms with Crippen LogP contribution in [-0.4, -0.2) is 27.1 Å². The quantitative estimate of drug-likeness (QED) is 0.244. The van der Waals surface area contributed by atoms with Crippen LogP contribution in [0.2, 0.25) is 5.02 Å². The van der Waals surface area contributed by atoms with Crippen LogP contribution in [0, 0.1) is 0 Å². The summed E-state index contributed by atoms with van der Waals surface area (Å²) in [5, 5.41) is 4.96. The summed E-state index contributed by atoms with van der Waals surface area (Å²) >= 11 is 6.05. The van der Waals surface area contributed by atoms with Crippen LogP contribution >= 0.6 is 11.6 Å². The summed E-state index contributed by atoms with van der Waals surface area (Å²) < 4.78 is 48.0. The Bertz CT molecular complexity index is 1320. The molecular formula is C26H21ClF3N3O3. The van der Waals surface area contributed by atoms with Crippen molar-refractivity contribution in [3.63, 3.8) is 0 Å². The molecule has 0 radical (unpaired) electrons. The molecule has 0 fully saturated rings. The van der Waals surface area contributed by atoms with Crippen molar-refractivity contribution in [1.82, 2.24) is 14.8 Å². The monoisotopic (exact) mass is 515 g/mol. The molecule has 6 nitrogen and oxygen atoms in total. The van der Waals surface area contributed by atoms with Crippen molar-refractivity contribution in [1.29, 1.82) is 0 Å². The number of alkyl halides is 3. The van der Waals surface area contributed by atoms with Crippen molar-refractivity contribution in [2.24, 2.45) is 0 Å². The predicted octanol–water partition coefficient (Wildman–Crippen LogP) is 6.72. The maximum absolute atomic E-state index is 12.5. The third kappa shape index (κ3) is 6.63. The molecule has 1 heterocycles. The lowest BCUT2D eigenvalue weighted by atomic mass is 10.1. The molecule has 186 valence electrons. The number of halogens is 4. The summed E-state index contributed by atoms with van der Waals surface area (Å²) in [7, 11) is 0. The van der Waals surface area contributed by atoms with Crippen LogP contribution in [0.25, 0.3) is 17.1 Å². The van der Waals surface area contributed by atoms with Crippen LogP contribution in [0.3, 0.4) is 0 Å². The van der Waals surface area contributed by atoms with Gasteiger partial charge in [0.25, 0.3) is 0 Å². The SMILES string of the molecule is CCC(OC(=O)Cc1ccc(-c2ncn(-c3ccc(OC(F)(F)F)cc3)n2)cc1)c1cccc(Cl)c1. The number of carbonyl (C=O) groups is 1. The van der Waals surface area contributed by atoms with E-state index >= 15 is 0 Å². The minimum absolute atomic E-state index is 0.103. The first-order valence-corrected chi connectivity index (χ1v) is 11.4. The Hall–Kier alpha value is -3.85. The Kier molecular flexibility index (Phi) is 7.59. The van der Waals surface area contributed by atoms with E-state index in [1.165, 1.54) is 35.3 Å². The van der Waals surface area contributed by atoms with Gasteiger partial charge in [0.2, 0.25) is 0 Å². The van der Waals surface area contributed by atoms with Crippen LogP contribution in [-0.2, 0) is 16.0 Å². The van der Waals surface area contributed by atoms with Crippen LogP contribution in [0.4, 0.5) is 13.2 Å². The molecule has 36 heavy (non-hydrogen) atoms. The third-order valence-electron chi connectivity index (χ3n) is 5.25. The van der Waals surface area contributed by atoms with Gasteiger partial charge in [0.15, 0.2) is 5.82 Å². The highest BCUT2D eigenvalue weighted by molar-refractivity contribution is 6.30. The molecule has 1 atom stereocenters. The number of hydrogen-bond donors (Lipinski definition) is 0. The average Bonchev–Trinajstić information content (AvgIpc) is 3.33. The maximum Gasteiger partial charge on any atom is 0.573 e. The molecule has 1 aromatic heterocycles. The van der Waals surface area contributed by atoms with Gasteiger partial charge in [0, 0.05) is 10.6 Å². The van der Waals surface area contributed by atoms with E-state index in [-0.39, 0.29) is 24.2 Å². The largest absolute Gasteiger partial charge is 0.573 e. The van der Waals surface area contributed by atoms with Gasteiger partial charge in [0.1, 0.15) is 18.2 Å². The van der Waals surface area contributed by atoms with Crippen molar-refractivity contribution in [3.8, 4) is 22.8 Å². The van der Waals surface area contributed by atoms with Gasteiger partial charge in [-0.25, -0.2) is 9.67 Å². The van der Waals surface area contributed by atoms with E-state index in [0.717, 1.165) is 11.1 Å². The lowest BCUT2D eigenvalue weighted by Gasteiger charge is -2.17. The molecule has 0 saturated heterocycles. The van der Waals surface area contributed by atoms with E-state index in [1.54, 1.807) is 36.4 Å². The molecule has 0 saturated carbocycles. The van der Waals surface area contributed by atoms with Crippen molar-refractivity contribution >= 4 is 17.6 Å². The Labute approximate surface area is 210 Å². The van der Waals surface area contributed by atoms with Gasteiger partial charge in [0.05, 0.1) is 12.1 Å². The normalized spacial score (nSPS) is 12.2. The second-order valence-corrected chi connectivity index (χ2v) is 8.31. The molecule has 0 N–H and O–H groups in total. The van der Waals surface area contributed by atoms with E-state index in [2.05, 4.69) is 14.8 Å². The Morgan fingerprint density at radius 2 is 1.78 bits per heavy atom. The van der Waals surface area contributed by atoms with Crippen molar-refractivity contribution in [3.05, 3.63) is 95.3 Å². The lowest BCUT2D eigenvalue weighted by Crippen LogP contribution is -2.17. The van der Waals surface area contributed by atoms with Gasteiger partial charge in [-0.3, -0.25) is 4.79 Å². The smallest absolute Gasteiger partial charge is 0.457 e. The minimum atomic E-state index is -4.75. The van der Waals surface area contributed by atoms with Gasteiger partial charge in [-0.1, -0.05) is 54.9 Å². The molecule has 10 heteroatoms. The molecule has 0 aliphatic carbocycles. The molecule has 0 aliphatic rings. The van der Waals surface area contributed by atoms with Crippen LogP contribution in [0.15, 0.2) is 79.1 Å². The van der Waals surface area contributed by atoms with E-state index < -0.39 is 6.36 Å². The average molecular weight is 516 g/mol. The second-order valence-electron chi connectivity index (χ2n) is 7.87. The summed E-state index contributed by atoms with van der Waals surface area (Å²) in [6.45, 7) is 1.93. The van der Waals surface area contributed by atoms with E-state index in [9.17, 15) is 18.0 Å². The Morgan fingerprint density at radius 1 is 1.06 bits per heavy atom. The molecule has 1 unspecified atom stereocenters. The number of benzene rings is 3. The number of aromatic nitrogens is 3. The number of nitrogens with zero attached hydrogens (tertiary/aromatic N) is 3. The zero-order valence-electron chi connectivity index (χ0n) is 19.1. The molecule has 0 aliphatic heterocycles. The van der Waals surface area contributed by atoms with Crippen molar-refractivity contribution in [2.75, 3.05) is 0 Å². The fourth-order valence-corrected chi connectivity index (χ4v) is 3.75. The van der Waals surface area contributed by atoms with Crippen LogP contribution in [0.1, 0.15) is 30.6 Å². The number of hydrogen-bond acceptors (Lipinski definition) is 5. The molecular weight excluding hydrogens is 495 g/mol. The van der Waals surface area contributed by atoms with Gasteiger partial charge < -0.3 is 9.47 Å². The third-order valence-corrected chi connectivity index (χ3v) is 5.49. The topological polar surface area (TPSA) is 66.2 Å². The molecule has 4 aromatic rings. The standard InChI is InChI=1S/C26H21ClF3N3O3/c1-2-23(19-4-3-5-20(27)15-19)35-24(34)14-17-6-8-18(9-7-17)25-31-16-33(32-25)21-10-12-22(13-11-21)36-26(28,29)30/h3-13,15-16,23H,2,14H2,1H3. The molecule has 0 spiro atoms. The van der Waals surface area contributed by atoms with Gasteiger partial charge >= 0.3 is 12.3 Å². The van der Waals surface area contributed by atoms with Crippen molar-refractivity contribution < 1.29 is 27.4 Å². The second kappa shape index (κ2) is 10.8. The van der Waals surface area contributed by atoms with E-state index in [1.807, 2.05) is 19.1 Å². The summed E-state index contributed by atoms with van der Waals surface area (Å²) in [5.74, 6) is -0.250. The van der Waals surface area contributed by atoms with Crippen molar-refractivity contribution in [2.45, 2.75) is 32.2 Å². The fraction of sp³-hybridized carbons (Fsp3) is 0.192. The minimum Gasteiger partial charge on any atom is -0.457 e. The van der Waals surface area contributed by atoms with Crippen LogP contribution < -0.4 is 4.74 Å². The molecule has 0 bridgehead atoms. The highest BCUT2D eigenvalue weighted by Crippen LogP contribution is 2.26. The van der Waals surface area contributed by atoms with Gasteiger partial charge in [-0.15, -0.1) is 18.3 Å². The molecule has 3 aromatic carbocycles. The maximum atomic E-state index is 12.5. The summed E-state index contributed by atoms with van der Waals surface area (Å²) in [5.41, 5.74) is 2.85. The van der Waals surface area contributed by atoms with Gasteiger partial charge in [-0.05, 0) is 53.9 Å². The van der Waals surface area contributed by atoms with E-state index in [0.29, 0.717) is 28.5 Å². The van der Waals surface area contributed by atoms with Crippen LogP contribution in [0.5, 0.6) is 5.75 Å². The Balaban J connectivity index is 1.38. The zero-order valence-corrected chi connectivity index (χ0v) is 19.8. The first-order valence-electron chi connectivity index (χ1n) is 11.0. The predicted molar refractivity (Wildman–Crippen MR) is 128 cm³/mol. The zero-order chi connectivity index (χ0) is 25.7. The first kappa shape index (κ1) is 25.2. The number of carbonyl (C=O) groups excluding carboxylic acids is 1. The highest BCUT2D eigenvalue weighted by Gasteiger charge is 2.31. The van der Waals surface area contributed by atoms with Gasteiger partial charge in [-0.2, -0.15) is 0 Å². The van der Waals surface area contributed by atoms with E-state index in [4.69, 9.17) is 16.3 Å². The number of ether oxygens (including phenoxy) is 2. The Morgan fingerprint density at radius 3 is 2.42 bits per heavy atom. The summed E-state index contributed by atoms with van der Waals surface area (Å²) in [6, 6.07) is 19.7. The number of esters is 1. The highest BCUT2D eigenvalue weighted by atomic mass is 35.5. The fourth-order valence-electron chi connectivity index (χ4n) is 3.55. The summed E-state index contributed by atoms with van der Waals surface area (Å²) in [6.07, 6.45) is -2.94. The number of rotatable bonds is 8. The molecule has 4 rings (SSSR count). The molecule has 0 amide bonds. The lowest BCUT2D eigenvalue weighted by molar-refractivity contribution is -0.274.